The molecule has 0 heterocycles. The Hall–Kier alpha value is -1.46. The molecule has 0 aromatic carbocycles. The van der Waals surface area contributed by atoms with E-state index in [0.29, 0.717) is 6.42 Å². The average Bonchev–Trinajstić information content (AvgIpc) is 2.68. The third-order valence-corrected chi connectivity index (χ3v) is 6.01. The van der Waals surface area contributed by atoms with Crippen molar-refractivity contribution in [3.8, 4) is 0 Å². The van der Waals surface area contributed by atoms with Crippen LogP contribution in [0, 0.1) is 11.8 Å². The minimum Gasteiger partial charge on any atom is -0.450 e. The Kier molecular flexibility index (Phi) is 13.6. The van der Waals surface area contributed by atoms with Gasteiger partial charge in [0.05, 0.1) is 0 Å². The molecule has 6 nitrogen and oxygen atoms in total. The van der Waals surface area contributed by atoms with Crippen LogP contribution < -0.4 is 0 Å². The molecular weight excluding hydrogens is 360 g/mol. The first-order valence-electron chi connectivity index (χ1n) is 11.3. The van der Waals surface area contributed by atoms with E-state index in [1.165, 1.54) is 44.9 Å². The van der Waals surface area contributed by atoms with Gasteiger partial charge in [-0.1, -0.05) is 90.4 Å². The molecule has 2 fully saturated rings. The van der Waals surface area contributed by atoms with E-state index in [9.17, 15) is 9.59 Å². The highest BCUT2D eigenvalue weighted by molar-refractivity contribution is 5.58. The molecule has 2 aliphatic carbocycles. The Bertz CT molecular complexity index is 399. The van der Waals surface area contributed by atoms with Crippen molar-refractivity contribution in [2.45, 2.75) is 109 Å². The number of ether oxygens (including phenoxy) is 2. The summed E-state index contributed by atoms with van der Waals surface area (Å²) < 4.78 is 8.89. The second-order valence-corrected chi connectivity index (χ2v) is 8.23. The van der Waals surface area contributed by atoms with Crippen LogP contribution in [0.4, 0.5) is 9.59 Å². The summed E-state index contributed by atoms with van der Waals surface area (Å²) in [6.45, 7) is 1.90. The van der Waals surface area contributed by atoms with Crippen molar-refractivity contribution >= 4 is 12.3 Å². The normalized spacial score (nSPS) is 22.2. The van der Waals surface area contributed by atoms with Crippen LogP contribution in [0.3, 0.4) is 0 Å². The zero-order valence-electron chi connectivity index (χ0n) is 17.6. The van der Waals surface area contributed by atoms with Gasteiger partial charge in [0.15, 0.2) is 0 Å². The summed E-state index contributed by atoms with van der Waals surface area (Å²) in [7, 11) is 0. The van der Waals surface area contributed by atoms with E-state index in [0.717, 1.165) is 31.1 Å². The summed E-state index contributed by atoms with van der Waals surface area (Å²) in [6, 6.07) is 0. The van der Waals surface area contributed by atoms with Crippen LogP contribution in [0.5, 0.6) is 0 Å². The highest BCUT2D eigenvalue weighted by Gasteiger charge is 2.26. The fraction of sp³-hybridized carbons (Fsp3) is 0.909. The van der Waals surface area contributed by atoms with Gasteiger partial charge in [-0.15, -0.1) is 0 Å². The van der Waals surface area contributed by atoms with Crippen molar-refractivity contribution in [2.75, 3.05) is 6.61 Å². The lowest BCUT2D eigenvalue weighted by Gasteiger charge is -2.35. The third-order valence-electron chi connectivity index (χ3n) is 6.01. The maximum absolute atomic E-state index is 10.4. The van der Waals surface area contributed by atoms with Crippen molar-refractivity contribution in [2.24, 2.45) is 11.8 Å². The molecule has 0 aliphatic heterocycles. The smallest absolute Gasteiger partial charge is 0.450 e. The van der Waals surface area contributed by atoms with Crippen LogP contribution in [-0.2, 0) is 9.47 Å². The number of carbonyl (C=O) groups is 2. The predicted molar refractivity (Wildman–Crippen MR) is 109 cm³/mol. The van der Waals surface area contributed by atoms with E-state index in [2.05, 4.69) is 16.4 Å². The highest BCUT2D eigenvalue weighted by atomic mass is 16.7. The van der Waals surface area contributed by atoms with E-state index in [1.807, 2.05) is 0 Å². The molecule has 28 heavy (non-hydrogen) atoms. The Balaban J connectivity index is 0.000000324. The van der Waals surface area contributed by atoms with Gasteiger partial charge in [-0.3, -0.25) is 0 Å². The van der Waals surface area contributed by atoms with Crippen LogP contribution in [0.1, 0.15) is 103 Å². The molecule has 0 spiro atoms. The molecule has 1 atom stereocenters. The zero-order chi connectivity index (χ0) is 20.6. The topological polar surface area (TPSA) is 93.1 Å². The number of unbranched alkanes of at least 4 members (excludes halogenated alkanes) is 5. The van der Waals surface area contributed by atoms with Gasteiger partial charge < -0.3 is 19.7 Å². The van der Waals surface area contributed by atoms with Gasteiger partial charge in [-0.05, 0) is 24.7 Å². The molecule has 0 bridgehead atoms. The van der Waals surface area contributed by atoms with E-state index >= 15 is 0 Å². The van der Waals surface area contributed by atoms with Gasteiger partial charge >= 0.3 is 12.3 Å². The number of hydrogen-bond acceptors (Lipinski definition) is 4. The van der Waals surface area contributed by atoms with Gasteiger partial charge in [0.1, 0.15) is 12.7 Å². The summed E-state index contributed by atoms with van der Waals surface area (Å²) >= 11 is 0. The molecule has 164 valence electrons. The molecule has 6 heteroatoms. The fourth-order valence-electron chi connectivity index (χ4n) is 4.49. The third kappa shape index (κ3) is 12.1. The minimum absolute atomic E-state index is 0.239. The number of rotatable bonds is 10. The van der Waals surface area contributed by atoms with Gasteiger partial charge in [0, 0.05) is 0 Å². The maximum atomic E-state index is 10.4. The molecule has 2 saturated carbocycles. The van der Waals surface area contributed by atoms with Gasteiger partial charge in [-0.25, -0.2) is 9.59 Å². The summed E-state index contributed by atoms with van der Waals surface area (Å²) in [5, 5.41) is 16.8. The minimum atomic E-state index is -1.42. The first kappa shape index (κ1) is 24.6. The maximum Gasteiger partial charge on any atom is 0.506 e. The summed E-state index contributed by atoms with van der Waals surface area (Å²) in [4.78, 5) is 20.6. The zero-order valence-corrected chi connectivity index (χ0v) is 17.6. The molecule has 0 saturated heterocycles. The second kappa shape index (κ2) is 15.5. The monoisotopic (exact) mass is 400 g/mol. The molecule has 0 aromatic heterocycles. The number of fused-ring (bicyclic) bond motifs is 1. The van der Waals surface area contributed by atoms with Crippen LogP contribution in [0.2, 0.25) is 0 Å². The van der Waals surface area contributed by atoms with E-state index in [4.69, 9.17) is 10.2 Å². The van der Waals surface area contributed by atoms with Gasteiger partial charge in [0.2, 0.25) is 0 Å². The van der Waals surface area contributed by atoms with Crippen molar-refractivity contribution in [1.82, 2.24) is 0 Å². The number of hydrogen-bond donors (Lipinski definition) is 2. The molecule has 2 aliphatic rings. The van der Waals surface area contributed by atoms with Crippen LogP contribution in [0.25, 0.3) is 0 Å². The van der Waals surface area contributed by atoms with E-state index < -0.39 is 18.4 Å². The van der Waals surface area contributed by atoms with Crippen LogP contribution in [0.15, 0.2) is 0 Å². The lowest BCUT2D eigenvalue weighted by atomic mass is 9.71. The fourth-order valence-corrected chi connectivity index (χ4v) is 4.49. The highest BCUT2D eigenvalue weighted by Crippen LogP contribution is 2.40. The first-order valence-corrected chi connectivity index (χ1v) is 11.3. The number of carboxylic acid groups (broad SMARTS) is 2. The molecule has 2 rings (SSSR count). The second-order valence-electron chi connectivity index (χ2n) is 8.23. The Morgan fingerprint density at radius 2 is 1.32 bits per heavy atom. The van der Waals surface area contributed by atoms with E-state index in [-0.39, 0.29) is 6.61 Å². The molecule has 1 unspecified atom stereocenters. The lowest BCUT2D eigenvalue weighted by Crippen LogP contribution is -2.24. The van der Waals surface area contributed by atoms with E-state index in [1.54, 1.807) is 25.7 Å². The van der Waals surface area contributed by atoms with Gasteiger partial charge in [-0.2, -0.15) is 0 Å². The lowest BCUT2D eigenvalue weighted by molar-refractivity contribution is 0.00102. The first-order chi connectivity index (χ1) is 13.5. The van der Waals surface area contributed by atoms with Gasteiger partial charge in [0.25, 0.3) is 0 Å². The van der Waals surface area contributed by atoms with Crippen molar-refractivity contribution in [1.29, 1.82) is 0 Å². The van der Waals surface area contributed by atoms with Crippen molar-refractivity contribution in [3.63, 3.8) is 0 Å². The summed E-state index contributed by atoms with van der Waals surface area (Å²) in [6.07, 6.45) is 15.8. The SMILES string of the molecule is C1CCC2CCCCC2C1.CCCCCCCCC(COC(=O)O)OC(=O)O. The predicted octanol–water partition coefficient (Wildman–Crippen LogP) is 6.86. The standard InChI is InChI=1S/C12H22O6.C10H18/c1-2-3-4-5-6-7-8-10(18-12(15)16)9-17-11(13)14;1-2-6-10-8-4-3-7-9(10)5-1/h10H,2-9H2,1H3,(H,13,14)(H,15,16);9-10H,1-8H2. The van der Waals surface area contributed by atoms with Crippen LogP contribution >= 0.6 is 0 Å². The molecular formula is C22H40O6. The Morgan fingerprint density at radius 1 is 0.821 bits per heavy atom. The molecule has 0 amide bonds. The average molecular weight is 401 g/mol. The van der Waals surface area contributed by atoms with Crippen molar-refractivity contribution in [3.05, 3.63) is 0 Å². The Labute approximate surface area is 170 Å². The van der Waals surface area contributed by atoms with Crippen molar-refractivity contribution < 1.29 is 29.3 Å². The quantitative estimate of drug-likeness (QED) is 0.307. The largest absolute Gasteiger partial charge is 0.506 e. The molecule has 0 radical (unpaired) electrons. The Morgan fingerprint density at radius 3 is 1.79 bits per heavy atom. The molecule has 2 N–H and O–H groups in total. The van der Waals surface area contributed by atoms with Crippen LogP contribution in [-0.4, -0.2) is 35.2 Å². The summed E-state index contributed by atoms with van der Waals surface area (Å²) in [5.74, 6) is 2.31. The molecule has 0 aromatic rings. The summed E-state index contributed by atoms with van der Waals surface area (Å²) in [5.41, 5.74) is 0.